The summed E-state index contributed by atoms with van der Waals surface area (Å²) in [7, 11) is 0. The van der Waals surface area contributed by atoms with Gasteiger partial charge < -0.3 is 15.7 Å². The molecule has 0 aromatic rings. The maximum absolute atomic E-state index is 11.5. The van der Waals surface area contributed by atoms with Crippen molar-refractivity contribution in [2.24, 2.45) is 5.92 Å². The monoisotopic (exact) mass is 214 g/mol. The van der Waals surface area contributed by atoms with Crippen LogP contribution in [0.15, 0.2) is 0 Å². The van der Waals surface area contributed by atoms with E-state index in [9.17, 15) is 14.4 Å². The summed E-state index contributed by atoms with van der Waals surface area (Å²) in [6.07, 6.45) is 0.127. The molecule has 0 radical (unpaired) electrons. The second-order valence-electron chi connectivity index (χ2n) is 4.12. The van der Waals surface area contributed by atoms with Gasteiger partial charge in [-0.1, -0.05) is 0 Å². The molecule has 1 unspecified atom stereocenters. The fourth-order valence-corrected chi connectivity index (χ4v) is 1.25. The molecule has 15 heavy (non-hydrogen) atoms. The zero-order valence-electron chi connectivity index (χ0n) is 8.66. The van der Waals surface area contributed by atoms with Crippen LogP contribution in [0.2, 0.25) is 0 Å². The lowest BCUT2D eigenvalue weighted by molar-refractivity contribution is -0.146. The van der Waals surface area contributed by atoms with Gasteiger partial charge in [0.15, 0.2) is 0 Å². The number of carboxylic acids is 1. The van der Waals surface area contributed by atoms with Crippen molar-refractivity contribution >= 4 is 17.8 Å². The fraction of sp³-hybridized carbons (Fsp3) is 0.667. The molecule has 6 heteroatoms. The number of carbonyl (C=O) groups excluding carboxylic acids is 2. The smallest absolute Gasteiger partial charge is 0.328 e. The highest BCUT2D eigenvalue weighted by atomic mass is 16.4. The molecule has 84 valence electrons. The van der Waals surface area contributed by atoms with Crippen LogP contribution in [-0.2, 0) is 14.4 Å². The average Bonchev–Trinajstić information content (AvgIpc) is 2.50. The van der Waals surface area contributed by atoms with Crippen molar-refractivity contribution < 1.29 is 19.5 Å². The van der Waals surface area contributed by atoms with Crippen LogP contribution in [0.4, 0.5) is 0 Å². The van der Waals surface area contributed by atoms with Crippen molar-refractivity contribution in [2.75, 3.05) is 6.54 Å². The second-order valence-corrected chi connectivity index (χ2v) is 4.12. The van der Waals surface area contributed by atoms with E-state index >= 15 is 0 Å². The number of hydrogen-bond donors (Lipinski definition) is 3. The molecule has 1 aliphatic heterocycles. The molecule has 3 N–H and O–H groups in total. The second kappa shape index (κ2) is 3.88. The van der Waals surface area contributed by atoms with E-state index in [1.54, 1.807) is 0 Å². The van der Waals surface area contributed by atoms with E-state index < -0.39 is 23.3 Å². The first kappa shape index (κ1) is 11.5. The Labute approximate surface area is 87.0 Å². The molecule has 2 amide bonds. The van der Waals surface area contributed by atoms with Crippen LogP contribution in [0.25, 0.3) is 0 Å². The average molecular weight is 214 g/mol. The highest BCUT2D eigenvalue weighted by molar-refractivity contribution is 5.92. The number of amides is 2. The Hall–Kier alpha value is -1.59. The van der Waals surface area contributed by atoms with Gasteiger partial charge in [0.1, 0.15) is 5.54 Å². The zero-order valence-corrected chi connectivity index (χ0v) is 8.66. The Bertz CT molecular complexity index is 311. The lowest BCUT2D eigenvalue weighted by atomic mass is 10.0. The van der Waals surface area contributed by atoms with Crippen LogP contribution < -0.4 is 10.6 Å². The van der Waals surface area contributed by atoms with E-state index in [4.69, 9.17) is 5.11 Å². The van der Waals surface area contributed by atoms with Crippen molar-refractivity contribution in [3.8, 4) is 0 Å². The number of rotatable bonds is 3. The Kier molecular flexibility index (Phi) is 2.97. The molecule has 1 rings (SSSR count). The lowest BCUT2D eigenvalue weighted by Gasteiger charge is -2.22. The van der Waals surface area contributed by atoms with Crippen molar-refractivity contribution in [1.82, 2.24) is 10.6 Å². The van der Waals surface area contributed by atoms with Gasteiger partial charge in [0, 0.05) is 13.0 Å². The molecule has 0 aliphatic carbocycles. The Morgan fingerprint density at radius 3 is 2.53 bits per heavy atom. The van der Waals surface area contributed by atoms with Gasteiger partial charge in [-0.3, -0.25) is 9.59 Å². The molecular formula is C9H14N2O4. The van der Waals surface area contributed by atoms with Gasteiger partial charge in [-0.05, 0) is 13.8 Å². The number of nitrogens with one attached hydrogen (secondary N) is 2. The molecule has 0 spiro atoms. The predicted octanol–water partition coefficient (Wildman–Crippen LogP) is -0.898. The third-order valence-electron chi connectivity index (χ3n) is 2.32. The molecular weight excluding hydrogens is 200 g/mol. The van der Waals surface area contributed by atoms with Gasteiger partial charge >= 0.3 is 5.97 Å². The minimum absolute atomic E-state index is 0.127. The van der Waals surface area contributed by atoms with Crippen molar-refractivity contribution in [3.63, 3.8) is 0 Å². The molecule has 6 nitrogen and oxygen atoms in total. The molecule has 0 aromatic carbocycles. The number of aliphatic carboxylic acids is 1. The van der Waals surface area contributed by atoms with Gasteiger partial charge in [0.05, 0.1) is 5.92 Å². The Morgan fingerprint density at radius 1 is 1.53 bits per heavy atom. The number of carbonyl (C=O) groups is 3. The molecule has 0 bridgehead atoms. The number of carboxylic acid groups (broad SMARTS) is 1. The van der Waals surface area contributed by atoms with Crippen LogP contribution in [0.1, 0.15) is 20.3 Å². The van der Waals surface area contributed by atoms with E-state index in [0.29, 0.717) is 0 Å². The van der Waals surface area contributed by atoms with Crippen LogP contribution in [0.3, 0.4) is 0 Å². The Morgan fingerprint density at radius 2 is 2.13 bits per heavy atom. The first-order chi connectivity index (χ1) is 6.83. The molecule has 0 saturated carbocycles. The fourth-order valence-electron chi connectivity index (χ4n) is 1.25. The van der Waals surface area contributed by atoms with Gasteiger partial charge in [-0.25, -0.2) is 4.79 Å². The minimum atomic E-state index is -1.30. The highest BCUT2D eigenvalue weighted by Crippen LogP contribution is 2.11. The first-order valence-corrected chi connectivity index (χ1v) is 4.65. The van der Waals surface area contributed by atoms with Crippen LogP contribution in [0, 0.1) is 5.92 Å². The molecule has 1 atom stereocenters. The summed E-state index contributed by atoms with van der Waals surface area (Å²) in [5, 5.41) is 13.7. The molecule has 1 heterocycles. The van der Waals surface area contributed by atoms with E-state index in [2.05, 4.69) is 10.6 Å². The summed E-state index contributed by atoms with van der Waals surface area (Å²) >= 11 is 0. The maximum atomic E-state index is 11.5. The number of hydrogen-bond acceptors (Lipinski definition) is 3. The van der Waals surface area contributed by atoms with Crippen LogP contribution in [0.5, 0.6) is 0 Å². The third kappa shape index (κ3) is 2.68. The maximum Gasteiger partial charge on any atom is 0.328 e. The van der Waals surface area contributed by atoms with E-state index in [1.807, 2.05) is 0 Å². The lowest BCUT2D eigenvalue weighted by Crippen LogP contribution is -2.51. The third-order valence-corrected chi connectivity index (χ3v) is 2.32. The molecule has 0 aromatic heterocycles. The summed E-state index contributed by atoms with van der Waals surface area (Å²) in [6.45, 7) is 3.08. The summed E-state index contributed by atoms with van der Waals surface area (Å²) in [5.74, 6) is -2.15. The summed E-state index contributed by atoms with van der Waals surface area (Å²) in [6, 6.07) is 0. The van der Waals surface area contributed by atoms with Gasteiger partial charge in [-0.2, -0.15) is 0 Å². The van der Waals surface area contributed by atoms with Crippen LogP contribution in [-0.4, -0.2) is 35.0 Å². The normalized spacial score (nSPS) is 20.9. The van der Waals surface area contributed by atoms with Gasteiger partial charge in [-0.15, -0.1) is 0 Å². The minimum Gasteiger partial charge on any atom is -0.480 e. The molecule has 1 fully saturated rings. The van der Waals surface area contributed by atoms with Gasteiger partial charge in [0.25, 0.3) is 0 Å². The van der Waals surface area contributed by atoms with Crippen molar-refractivity contribution in [3.05, 3.63) is 0 Å². The summed E-state index contributed by atoms with van der Waals surface area (Å²) < 4.78 is 0. The Balaban J connectivity index is 2.56. The first-order valence-electron chi connectivity index (χ1n) is 4.65. The van der Waals surface area contributed by atoms with E-state index in [-0.39, 0.29) is 18.9 Å². The summed E-state index contributed by atoms with van der Waals surface area (Å²) in [4.78, 5) is 33.1. The molecule has 1 aliphatic rings. The van der Waals surface area contributed by atoms with Crippen LogP contribution >= 0.6 is 0 Å². The standard InChI is InChI=1S/C9H14N2O4/c1-9(2,8(14)15)11-7(13)5-3-6(12)10-4-5/h5H,3-4H2,1-2H3,(H,10,12)(H,11,13)(H,14,15). The topological polar surface area (TPSA) is 95.5 Å². The van der Waals surface area contributed by atoms with Crippen molar-refractivity contribution in [1.29, 1.82) is 0 Å². The quantitative estimate of drug-likeness (QED) is 0.567. The van der Waals surface area contributed by atoms with E-state index in [1.165, 1.54) is 13.8 Å². The summed E-state index contributed by atoms with van der Waals surface area (Å²) in [5.41, 5.74) is -1.30. The zero-order chi connectivity index (χ0) is 11.6. The van der Waals surface area contributed by atoms with Gasteiger partial charge in [0.2, 0.25) is 11.8 Å². The van der Waals surface area contributed by atoms with Crippen molar-refractivity contribution in [2.45, 2.75) is 25.8 Å². The SMILES string of the molecule is CC(C)(NC(=O)C1CNC(=O)C1)C(=O)O. The van der Waals surface area contributed by atoms with E-state index in [0.717, 1.165) is 0 Å². The molecule has 1 saturated heterocycles. The largest absolute Gasteiger partial charge is 0.480 e. The highest BCUT2D eigenvalue weighted by Gasteiger charge is 2.34. The predicted molar refractivity (Wildman–Crippen MR) is 51.0 cm³/mol.